The number of halogens is 1. The molecule has 0 aliphatic rings. The van der Waals surface area contributed by atoms with Crippen molar-refractivity contribution in [3.63, 3.8) is 0 Å². The predicted molar refractivity (Wildman–Crippen MR) is 75.5 cm³/mol. The minimum absolute atomic E-state index is 0.406. The van der Waals surface area contributed by atoms with Gasteiger partial charge in [0.1, 0.15) is 21.9 Å². The molecule has 0 fully saturated rings. The fourth-order valence-corrected chi connectivity index (χ4v) is 2.39. The molecule has 2 aromatic rings. The van der Waals surface area contributed by atoms with Crippen LogP contribution in [0.25, 0.3) is 11.3 Å². The van der Waals surface area contributed by atoms with Gasteiger partial charge >= 0.3 is 0 Å². The summed E-state index contributed by atoms with van der Waals surface area (Å²) >= 11 is 3.56. The van der Waals surface area contributed by atoms with Crippen LogP contribution in [0.1, 0.15) is 11.4 Å². The summed E-state index contributed by atoms with van der Waals surface area (Å²) in [6.07, 6.45) is 0. The maximum absolute atomic E-state index is 5.68. The zero-order valence-corrected chi connectivity index (χ0v) is 12.3. The van der Waals surface area contributed by atoms with E-state index in [-0.39, 0.29) is 0 Å². The van der Waals surface area contributed by atoms with Crippen molar-refractivity contribution in [1.29, 1.82) is 0 Å². The van der Waals surface area contributed by atoms with Gasteiger partial charge in [0.25, 0.3) is 0 Å². The van der Waals surface area contributed by atoms with Crippen molar-refractivity contribution in [1.82, 2.24) is 9.55 Å². The van der Waals surface area contributed by atoms with Crippen LogP contribution in [0.2, 0.25) is 0 Å². The van der Waals surface area contributed by atoms with Crippen LogP contribution >= 0.6 is 15.9 Å². The van der Waals surface area contributed by atoms with Crippen molar-refractivity contribution in [3.8, 4) is 17.0 Å². The number of ether oxygens (including phenoxy) is 1. The molecule has 96 valence electrons. The topological polar surface area (TPSA) is 53.1 Å². The third-order valence-electron chi connectivity index (χ3n) is 2.91. The van der Waals surface area contributed by atoms with Crippen LogP contribution in [0.15, 0.2) is 22.8 Å². The van der Waals surface area contributed by atoms with Gasteiger partial charge in [-0.15, -0.1) is 0 Å². The van der Waals surface area contributed by atoms with E-state index in [1.54, 1.807) is 7.11 Å². The predicted octanol–water partition coefficient (Wildman–Crippen LogP) is 2.63. The van der Waals surface area contributed by atoms with E-state index in [1.165, 1.54) is 0 Å². The Labute approximate surface area is 115 Å². The molecule has 4 nitrogen and oxygen atoms in total. The normalized spacial score (nSPS) is 10.7. The highest BCUT2D eigenvalue weighted by atomic mass is 79.9. The monoisotopic (exact) mass is 309 g/mol. The molecule has 0 aliphatic heterocycles. The molecular formula is C13H16BrN3O. The second-order valence-electron chi connectivity index (χ2n) is 4.13. The first-order chi connectivity index (χ1) is 8.58. The van der Waals surface area contributed by atoms with Gasteiger partial charge in [-0.3, -0.25) is 0 Å². The van der Waals surface area contributed by atoms with Gasteiger partial charge in [0.2, 0.25) is 0 Å². The molecule has 0 bridgehead atoms. The van der Waals surface area contributed by atoms with Crippen LogP contribution < -0.4 is 10.5 Å². The molecule has 0 atom stereocenters. The fraction of sp³-hybridized carbons (Fsp3) is 0.308. The highest BCUT2D eigenvalue weighted by Gasteiger charge is 2.16. The summed E-state index contributed by atoms with van der Waals surface area (Å²) in [4.78, 5) is 4.56. The Morgan fingerprint density at radius 2 is 2.17 bits per heavy atom. The summed E-state index contributed by atoms with van der Waals surface area (Å²) in [6.45, 7) is 2.45. The van der Waals surface area contributed by atoms with Gasteiger partial charge in [-0.05, 0) is 35.0 Å². The van der Waals surface area contributed by atoms with Crippen LogP contribution in [-0.2, 0) is 13.6 Å². The maximum atomic E-state index is 5.68. The zero-order chi connectivity index (χ0) is 13.3. The van der Waals surface area contributed by atoms with E-state index in [0.29, 0.717) is 6.54 Å². The first-order valence-corrected chi connectivity index (χ1v) is 6.44. The zero-order valence-electron chi connectivity index (χ0n) is 10.7. The molecule has 0 aliphatic carbocycles. The lowest BCUT2D eigenvalue weighted by atomic mass is 10.1. The van der Waals surface area contributed by atoms with Gasteiger partial charge in [-0.1, -0.05) is 11.6 Å². The minimum atomic E-state index is 0.406. The molecule has 0 radical (unpaired) electrons. The molecule has 0 spiro atoms. The van der Waals surface area contributed by atoms with E-state index < -0.39 is 0 Å². The number of hydrogen-bond donors (Lipinski definition) is 1. The molecule has 2 rings (SSSR count). The highest BCUT2D eigenvalue weighted by Crippen LogP contribution is 2.35. The number of nitrogens with two attached hydrogens (primary N) is 1. The molecule has 5 heteroatoms. The lowest BCUT2D eigenvalue weighted by molar-refractivity contribution is 0.416. The second kappa shape index (κ2) is 5.12. The number of aromatic nitrogens is 2. The van der Waals surface area contributed by atoms with E-state index in [1.807, 2.05) is 30.7 Å². The number of aryl methyl sites for hydroxylation is 1. The third kappa shape index (κ3) is 2.15. The average molecular weight is 310 g/mol. The van der Waals surface area contributed by atoms with Crippen molar-refractivity contribution in [3.05, 3.63) is 34.2 Å². The molecule has 18 heavy (non-hydrogen) atoms. The largest absolute Gasteiger partial charge is 0.496 e. The summed E-state index contributed by atoms with van der Waals surface area (Å²) in [5.74, 6) is 1.64. The van der Waals surface area contributed by atoms with E-state index in [0.717, 1.165) is 33.0 Å². The Morgan fingerprint density at radius 3 is 2.72 bits per heavy atom. The van der Waals surface area contributed by atoms with Crippen LogP contribution in [0.3, 0.4) is 0 Å². The van der Waals surface area contributed by atoms with Crippen molar-refractivity contribution in [2.24, 2.45) is 12.8 Å². The summed E-state index contributed by atoms with van der Waals surface area (Å²) in [5, 5.41) is 0. The first-order valence-electron chi connectivity index (χ1n) is 5.64. The van der Waals surface area contributed by atoms with Crippen LogP contribution in [0.5, 0.6) is 5.75 Å². The van der Waals surface area contributed by atoms with E-state index in [2.05, 4.69) is 27.0 Å². The Morgan fingerprint density at radius 1 is 1.44 bits per heavy atom. The number of methoxy groups -OCH3 is 1. The molecule has 1 heterocycles. The molecule has 0 unspecified atom stereocenters. The number of nitrogens with zero attached hydrogens (tertiary/aromatic N) is 2. The molecular weight excluding hydrogens is 294 g/mol. The van der Waals surface area contributed by atoms with Gasteiger partial charge in [-0.2, -0.15) is 0 Å². The Bertz CT molecular complexity index is 578. The van der Waals surface area contributed by atoms with Gasteiger partial charge in [0.15, 0.2) is 0 Å². The Hall–Kier alpha value is -1.33. The van der Waals surface area contributed by atoms with E-state index in [9.17, 15) is 0 Å². The van der Waals surface area contributed by atoms with E-state index in [4.69, 9.17) is 10.5 Å². The maximum Gasteiger partial charge on any atom is 0.128 e. The van der Waals surface area contributed by atoms with Gasteiger partial charge in [0, 0.05) is 12.6 Å². The molecule has 1 aromatic carbocycles. The van der Waals surface area contributed by atoms with Crippen molar-refractivity contribution < 1.29 is 4.74 Å². The minimum Gasteiger partial charge on any atom is -0.496 e. The number of rotatable bonds is 3. The van der Waals surface area contributed by atoms with Crippen LogP contribution in [0.4, 0.5) is 0 Å². The SMILES string of the molecule is COc1ccc(C)cc1-c1nc(CN)n(C)c1Br. The Balaban J connectivity index is 2.64. The quantitative estimate of drug-likeness (QED) is 0.948. The van der Waals surface area contributed by atoms with Gasteiger partial charge in [-0.25, -0.2) is 4.98 Å². The van der Waals surface area contributed by atoms with E-state index >= 15 is 0 Å². The second-order valence-corrected chi connectivity index (χ2v) is 4.89. The fourth-order valence-electron chi connectivity index (χ4n) is 1.88. The molecule has 0 saturated carbocycles. The standard InChI is InChI=1S/C13H16BrN3O/c1-8-4-5-10(18-3)9(6-8)12-13(14)17(2)11(7-15)16-12/h4-6H,7,15H2,1-3H3. The molecule has 0 saturated heterocycles. The summed E-state index contributed by atoms with van der Waals surface area (Å²) in [7, 11) is 3.60. The molecule has 2 N–H and O–H groups in total. The van der Waals surface area contributed by atoms with Crippen molar-refractivity contribution in [2.45, 2.75) is 13.5 Å². The van der Waals surface area contributed by atoms with Crippen molar-refractivity contribution >= 4 is 15.9 Å². The summed E-state index contributed by atoms with van der Waals surface area (Å²) in [5.41, 5.74) is 8.67. The molecule has 1 aromatic heterocycles. The molecule has 0 amide bonds. The number of hydrogen-bond acceptors (Lipinski definition) is 3. The first kappa shape index (κ1) is 13.1. The van der Waals surface area contributed by atoms with Gasteiger partial charge in [0.05, 0.1) is 13.7 Å². The smallest absolute Gasteiger partial charge is 0.128 e. The number of benzene rings is 1. The van der Waals surface area contributed by atoms with Crippen LogP contribution in [-0.4, -0.2) is 16.7 Å². The van der Waals surface area contributed by atoms with Crippen LogP contribution in [0, 0.1) is 6.92 Å². The number of imidazole rings is 1. The lowest BCUT2D eigenvalue weighted by Gasteiger charge is -2.08. The third-order valence-corrected chi connectivity index (χ3v) is 3.82. The lowest BCUT2D eigenvalue weighted by Crippen LogP contribution is -2.04. The van der Waals surface area contributed by atoms with Crippen molar-refractivity contribution in [2.75, 3.05) is 7.11 Å². The Kier molecular flexibility index (Phi) is 3.73. The summed E-state index contributed by atoms with van der Waals surface area (Å²) < 4.78 is 8.24. The average Bonchev–Trinajstić information content (AvgIpc) is 2.66. The highest BCUT2D eigenvalue weighted by molar-refractivity contribution is 9.10. The summed E-state index contributed by atoms with van der Waals surface area (Å²) in [6, 6.07) is 6.03. The van der Waals surface area contributed by atoms with Gasteiger partial charge < -0.3 is 15.0 Å².